The van der Waals surface area contributed by atoms with Crippen LogP contribution in [0.2, 0.25) is 0 Å². The lowest BCUT2D eigenvalue weighted by Crippen LogP contribution is -2.33. The highest BCUT2D eigenvalue weighted by Crippen LogP contribution is 2.46. The van der Waals surface area contributed by atoms with Crippen LogP contribution in [0.1, 0.15) is 31.6 Å². The molecule has 0 aromatic heterocycles. The highest BCUT2D eigenvalue weighted by Gasteiger charge is 2.27. The topological polar surface area (TPSA) is 87.1 Å². The zero-order chi connectivity index (χ0) is 17.1. The first-order chi connectivity index (χ1) is 11.6. The van der Waals surface area contributed by atoms with E-state index in [1.165, 1.54) is 12.8 Å². The molecule has 7 heteroatoms. The van der Waals surface area contributed by atoms with Crippen LogP contribution in [0.5, 0.6) is 11.5 Å². The predicted octanol–water partition coefficient (Wildman–Crippen LogP) is 1.95. The summed E-state index contributed by atoms with van der Waals surface area (Å²) in [4.78, 5) is 4.17. The number of anilines is 2. The molecule has 7 nitrogen and oxygen atoms in total. The Hall–Kier alpha value is -1.99. The molecule has 1 aromatic carbocycles. The molecule has 0 spiro atoms. The van der Waals surface area contributed by atoms with Gasteiger partial charge in [-0.15, -0.1) is 0 Å². The molecule has 2 heterocycles. The molecule has 3 rings (SSSR count). The molecule has 2 unspecified atom stereocenters. The molecule has 2 aliphatic heterocycles. The Labute approximate surface area is 142 Å². The number of amidine groups is 1. The van der Waals surface area contributed by atoms with Crippen LogP contribution in [0.15, 0.2) is 11.1 Å². The SMILES string of the molecule is COc1cc2c(c(NCC3CCCNC3)c1OC)NC(C)=NC2O. The number of rotatable bonds is 5. The van der Waals surface area contributed by atoms with Crippen LogP contribution in [0, 0.1) is 5.92 Å². The summed E-state index contributed by atoms with van der Waals surface area (Å²) in [6.45, 7) is 4.77. The summed E-state index contributed by atoms with van der Waals surface area (Å²) in [5.74, 6) is 2.45. The molecular weight excluding hydrogens is 308 g/mol. The molecule has 1 saturated heterocycles. The summed E-state index contributed by atoms with van der Waals surface area (Å²) in [6, 6.07) is 1.77. The molecule has 0 bridgehead atoms. The van der Waals surface area contributed by atoms with Gasteiger partial charge in [0.2, 0.25) is 0 Å². The quantitative estimate of drug-likeness (QED) is 0.658. The van der Waals surface area contributed by atoms with Gasteiger partial charge in [0.25, 0.3) is 0 Å². The minimum atomic E-state index is -0.905. The molecule has 0 amide bonds. The second-order valence-electron chi connectivity index (χ2n) is 6.26. The number of aliphatic imine (C=N–C) groups is 1. The Kier molecular flexibility index (Phi) is 5.11. The molecule has 0 aliphatic carbocycles. The van der Waals surface area contributed by atoms with Gasteiger partial charge in [0.05, 0.1) is 19.9 Å². The summed E-state index contributed by atoms with van der Waals surface area (Å²) < 4.78 is 11.0. The monoisotopic (exact) mass is 334 g/mol. The zero-order valence-electron chi connectivity index (χ0n) is 14.5. The van der Waals surface area contributed by atoms with Gasteiger partial charge in [-0.25, -0.2) is 4.99 Å². The van der Waals surface area contributed by atoms with Crippen LogP contribution >= 0.6 is 0 Å². The second kappa shape index (κ2) is 7.27. The van der Waals surface area contributed by atoms with Crippen molar-refractivity contribution in [3.05, 3.63) is 11.6 Å². The minimum absolute atomic E-state index is 0.564. The maximum Gasteiger partial charge on any atom is 0.186 e. The van der Waals surface area contributed by atoms with Gasteiger partial charge in [0.15, 0.2) is 17.7 Å². The normalized spacial score (nSPS) is 22.9. The van der Waals surface area contributed by atoms with Gasteiger partial charge in [0.1, 0.15) is 11.5 Å². The van der Waals surface area contributed by atoms with E-state index in [0.29, 0.717) is 28.8 Å². The lowest BCUT2D eigenvalue weighted by Gasteiger charge is -2.28. The fraction of sp³-hybridized carbons (Fsp3) is 0.588. The Bertz CT molecular complexity index is 627. The second-order valence-corrected chi connectivity index (χ2v) is 6.26. The molecule has 0 saturated carbocycles. The van der Waals surface area contributed by atoms with E-state index in [9.17, 15) is 5.11 Å². The van der Waals surface area contributed by atoms with Crippen molar-refractivity contribution in [1.29, 1.82) is 0 Å². The van der Waals surface area contributed by atoms with E-state index in [1.807, 2.05) is 6.92 Å². The van der Waals surface area contributed by atoms with Crippen molar-refractivity contribution < 1.29 is 14.6 Å². The average Bonchev–Trinajstić information content (AvgIpc) is 2.60. The standard InChI is InChI=1S/C17H26N4O3/c1-10-20-14-12(17(22)21-10)7-13(23-2)16(24-3)15(14)19-9-11-5-4-6-18-8-11/h7,11,17-19,22H,4-6,8-9H2,1-3H3,(H,20,21). The van der Waals surface area contributed by atoms with Crippen LogP contribution in [0.25, 0.3) is 0 Å². The number of hydrogen-bond donors (Lipinski definition) is 4. The summed E-state index contributed by atoms with van der Waals surface area (Å²) in [5.41, 5.74) is 2.30. The summed E-state index contributed by atoms with van der Waals surface area (Å²) in [7, 11) is 3.22. The Morgan fingerprint density at radius 3 is 2.88 bits per heavy atom. The molecule has 0 radical (unpaired) electrons. The zero-order valence-corrected chi connectivity index (χ0v) is 14.5. The lowest BCUT2D eigenvalue weighted by atomic mass is 9.99. The largest absolute Gasteiger partial charge is 0.493 e. The van der Waals surface area contributed by atoms with Gasteiger partial charge in [-0.1, -0.05) is 0 Å². The van der Waals surface area contributed by atoms with Crippen molar-refractivity contribution in [1.82, 2.24) is 5.32 Å². The van der Waals surface area contributed by atoms with Crippen molar-refractivity contribution in [2.75, 3.05) is 44.5 Å². The van der Waals surface area contributed by atoms with E-state index >= 15 is 0 Å². The lowest BCUT2D eigenvalue weighted by molar-refractivity contribution is 0.187. The Balaban J connectivity index is 1.94. The van der Waals surface area contributed by atoms with E-state index in [4.69, 9.17) is 9.47 Å². The van der Waals surface area contributed by atoms with Crippen molar-refractivity contribution in [3.8, 4) is 11.5 Å². The molecule has 1 aromatic rings. The first kappa shape index (κ1) is 16.9. The third kappa shape index (κ3) is 3.27. The van der Waals surface area contributed by atoms with E-state index in [-0.39, 0.29) is 0 Å². The third-order valence-corrected chi connectivity index (χ3v) is 4.57. The van der Waals surface area contributed by atoms with E-state index in [0.717, 1.165) is 31.0 Å². The van der Waals surface area contributed by atoms with E-state index in [2.05, 4.69) is 20.9 Å². The highest BCUT2D eigenvalue weighted by molar-refractivity contribution is 6.01. The maximum atomic E-state index is 10.3. The van der Waals surface area contributed by atoms with Crippen molar-refractivity contribution >= 4 is 17.2 Å². The number of nitrogens with zero attached hydrogens (tertiary/aromatic N) is 1. The first-order valence-corrected chi connectivity index (χ1v) is 8.37. The van der Waals surface area contributed by atoms with Gasteiger partial charge in [-0.05, 0) is 44.8 Å². The maximum absolute atomic E-state index is 10.3. The molecule has 2 aliphatic rings. The number of piperidine rings is 1. The molecule has 132 valence electrons. The fourth-order valence-corrected chi connectivity index (χ4v) is 3.33. The molecular formula is C17H26N4O3. The Morgan fingerprint density at radius 1 is 1.38 bits per heavy atom. The average molecular weight is 334 g/mol. The van der Waals surface area contributed by atoms with Crippen LogP contribution in [0.3, 0.4) is 0 Å². The van der Waals surface area contributed by atoms with E-state index < -0.39 is 6.23 Å². The summed E-state index contributed by atoms with van der Waals surface area (Å²) in [6.07, 6.45) is 1.49. The minimum Gasteiger partial charge on any atom is -0.493 e. The van der Waals surface area contributed by atoms with Crippen LogP contribution < -0.4 is 25.4 Å². The van der Waals surface area contributed by atoms with Crippen molar-refractivity contribution in [3.63, 3.8) is 0 Å². The van der Waals surface area contributed by atoms with Crippen LogP contribution in [-0.4, -0.2) is 44.8 Å². The summed E-state index contributed by atoms with van der Waals surface area (Å²) >= 11 is 0. The van der Waals surface area contributed by atoms with Crippen molar-refractivity contribution in [2.24, 2.45) is 10.9 Å². The smallest absolute Gasteiger partial charge is 0.186 e. The number of benzene rings is 1. The molecule has 24 heavy (non-hydrogen) atoms. The molecule has 1 fully saturated rings. The Morgan fingerprint density at radius 2 is 2.21 bits per heavy atom. The number of hydrogen-bond acceptors (Lipinski definition) is 7. The van der Waals surface area contributed by atoms with Crippen LogP contribution in [-0.2, 0) is 0 Å². The number of nitrogens with one attached hydrogen (secondary N) is 3. The number of fused-ring (bicyclic) bond motifs is 1. The summed E-state index contributed by atoms with van der Waals surface area (Å²) in [5, 5.41) is 20.5. The predicted molar refractivity (Wildman–Crippen MR) is 95.3 cm³/mol. The van der Waals surface area contributed by atoms with Crippen molar-refractivity contribution in [2.45, 2.75) is 26.0 Å². The number of methoxy groups -OCH3 is 2. The van der Waals surface area contributed by atoms with Gasteiger partial charge >= 0.3 is 0 Å². The third-order valence-electron chi connectivity index (χ3n) is 4.57. The van der Waals surface area contributed by atoms with E-state index in [1.54, 1.807) is 20.3 Å². The number of aliphatic hydroxyl groups is 1. The van der Waals surface area contributed by atoms with Crippen LogP contribution in [0.4, 0.5) is 11.4 Å². The van der Waals surface area contributed by atoms with Gasteiger partial charge < -0.3 is 30.5 Å². The first-order valence-electron chi connectivity index (χ1n) is 8.37. The highest BCUT2D eigenvalue weighted by atomic mass is 16.5. The van der Waals surface area contributed by atoms with Gasteiger partial charge in [0, 0.05) is 12.1 Å². The molecule has 4 N–H and O–H groups in total. The fourth-order valence-electron chi connectivity index (χ4n) is 3.33. The molecule has 2 atom stereocenters. The number of ether oxygens (including phenoxy) is 2. The van der Waals surface area contributed by atoms with Gasteiger partial charge in [-0.3, -0.25) is 0 Å². The number of aliphatic hydroxyl groups excluding tert-OH is 1. The van der Waals surface area contributed by atoms with Gasteiger partial charge in [-0.2, -0.15) is 0 Å².